The number of carboxylic acid groups (broad SMARTS) is 1. The van der Waals surface area contributed by atoms with Crippen molar-refractivity contribution in [2.75, 3.05) is 0 Å². The Kier molecular flexibility index (Phi) is 5.77. The third-order valence-corrected chi connectivity index (χ3v) is 2.36. The zero-order chi connectivity index (χ0) is 9.56. The van der Waals surface area contributed by atoms with Crippen LogP contribution in [0.4, 0.5) is 0 Å². The molecule has 0 saturated heterocycles. The van der Waals surface area contributed by atoms with E-state index >= 15 is 0 Å². The maximum Gasteiger partial charge on any atom is 0.0416 e. The fourth-order valence-electron chi connectivity index (χ4n) is 1.16. The lowest BCUT2D eigenvalue weighted by atomic mass is 9.95. The number of hydrogen-bond acceptors (Lipinski definition) is 2. The summed E-state index contributed by atoms with van der Waals surface area (Å²) in [5, 5.41) is 10.2. The average Bonchev–Trinajstić information content (AvgIpc) is 1.99. The van der Waals surface area contributed by atoms with Crippen molar-refractivity contribution in [1.82, 2.24) is 0 Å². The second-order valence-corrected chi connectivity index (χ2v) is 3.77. The molecule has 2 atom stereocenters. The lowest BCUT2D eigenvalue weighted by molar-refractivity contribution is -0.306. The number of aliphatic carboxylic acids is 1. The molecule has 0 amide bonds. The number of carboxylic acids is 1. The van der Waals surface area contributed by atoms with E-state index in [4.69, 9.17) is 0 Å². The maximum absolute atomic E-state index is 10.2. The predicted octanol–water partition coefficient (Wildman–Crippen LogP) is 1.59. The monoisotopic (exact) mass is 171 g/mol. The molecule has 0 spiro atoms. The van der Waals surface area contributed by atoms with E-state index in [2.05, 4.69) is 13.8 Å². The van der Waals surface area contributed by atoms with Gasteiger partial charge in [-0.2, -0.15) is 0 Å². The SMILES string of the molecule is CC[C@H](C)CC[C@H](C)CC(=O)[O-]. The van der Waals surface area contributed by atoms with Crippen molar-refractivity contribution in [3.05, 3.63) is 0 Å². The van der Waals surface area contributed by atoms with Crippen molar-refractivity contribution in [2.45, 2.75) is 46.5 Å². The van der Waals surface area contributed by atoms with Gasteiger partial charge in [-0.15, -0.1) is 0 Å². The first-order valence-electron chi connectivity index (χ1n) is 4.76. The van der Waals surface area contributed by atoms with E-state index in [-0.39, 0.29) is 12.3 Å². The summed E-state index contributed by atoms with van der Waals surface area (Å²) in [7, 11) is 0. The van der Waals surface area contributed by atoms with Gasteiger partial charge in [-0.05, 0) is 18.3 Å². The topological polar surface area (TPSA) is 40.1 Å². The van der Waals surface area contributed by atoms with Crippen LogP contribution in [-0.4, -0.2) is 5.97 Å². The first-order chi connectivity index (χ1) is 5.56. The Bertz CT molecular complexity index is 132. The van der Waals surface area contributed by atoms with Gasteiger partial charge in [0, 0.05) is 5.97 Å². The molecule has 2 heteroatoms. The molecular formula is C10H19O2-. The van der Waals surface area contributed by atoms with Gasteiger partial charge in [0.05, 0.1) is 0 Å². The standard InChI is InChI=1S/C10H20O2/c1-4-8(2)5-6-9(3)7-10(11)12/h8-9H,4-7H2,1-3H3,(H,11,12)/p-1/t8-,9-/m0/s1. The third kappa shape index (κ3) is 6.20. The van der Waals surface area contributed by atoms with E-state index in [9.17, 15) is 9.90 Å². The van der Waals surface area contributed by atoms with Crippen LogP contribution in [0, 0.1) is 11.8 Å². The smallest absolute Gasteiger partial charge is 0.0416 e. The van der Waals surface area contributed by atoms with Gasteiger partial charge in [0.15, 0.2) is 0 Å². The highest BCUT2D eigenvalue weighted by Crippen LogP contribution is 2.16. The maximum atomic E-state index is 10.2. The summed E-state index contributed by atoms with van der Waals surface area (Å²) in [6.45, 7) is 6.33. The van der Waals surface area contributed by atoms with Gasteiger partial charge in [-0.3, -0.25) is 0 Å². The van der Waals surface area contributed by atoms with Crippen LogP contribution < -0.4 is 5.11 Å². The van der Waals surface area contributed by atoms with Crippen LogP contribution in [0.25, 0.3) is 0 Å². The van der Waals surface area contributed by atoms with E-state index in [1.54, 1.807) is 0 Å². The van der Waals surface area contributed by atoms with Gasteiger partial charge in [0.1, 0.15) is 0 Å². The molecule has 0 radical (unpaired) electrons. The van der Waals surface area contributed by atoms with E-state index in [1.165, 1.54) is 6.42 Å². The number of carbonyl (C=O) groups excluding carboxylic acids is 1. The third-order valence-electron chi connectivity index (χ3n) is 2.36. The molecule has 0 aromatic heterocycles. The zero-order valence-electron chi connectivity index (χ0n) is 8.30. The molecule has 0 fully saturated rings. The highest BCUT2D eigenvalue weighted by molar-refractivity contribution is 5.64. The second-order valence-electron chi connectivity index (χ2n) is 3.77. The lowest BCUT2D eigenvalue weighted by Crippen LogP contribution is -2.24. The fraction of sp³-hybridized carbons (Fsp3) is 0.900. The van der Waals surface area contributed by atoms with Crippen molar-refractivity contribution in [1.29, 1.82) is 0 Å². The van der Waals surface area contributed by atoms with Crippen LogP contribution in [0.15, 0.2) is 0 Å². The minimum absolute atomic E-state index is 0.205. The highest BCUT2D eigenvalue weighted by Gasteiger charge is 2.05. The molecule has 0 bridgehead atoms. The Labute approximate surface area is 75.0 Å². The largest absolute Gasteiger partial charge is 0.550 e. The first kappa shape index (κ1) is 11.5. The molecule has 2 nitrogen and oxygen atoms in total. The number of hydrogen-bond donors (Lipinski definition) is 0. The number of rotatable bonds is 6. The fourth-order valence-corrected chi connectivity index (χ4v) is 1.16. The van der Waals surface area contributed by atoms with Gasteiger partial charge in [0.25, 0.3) is 0 Å². The summed E-state index contributed by atoms with van der Waals surface area (Å²) in [5.41, 5.74) is 0. The predicted molar refractivity (Wildman–Crippen MR) is 47.5 cm³/mol. The van der Waals surface area contributed by atoms with E-state index in [1.807, 2.05) is 6.92 Å². The van der Waals surface area contributed by atoms with Gasteiger partial charge in [-0.25, -0.2) is 0 Å². The van der Waals surface area contributed by atoms with Gasteiger partial charge in [0.2, 0.25) is 0 Å². The normalized spacial score (nSPS) is 15.6. The minimum Gasteiger partial charge on any atom is -0.550 e. The van der Waals surface area contributed by atoms with Crippen LogP contribution in [0.1, 0.15) is 46.5 Å². The molecule has 0 unspecified atom stereocenters. The van der Waals surface area contributed by atoms with E-state index < -0.39 is 5.97 Å². The Morgan fingerprint density at radius 2 is 1.75 bits per heavy atom. The molecule has 0 aromatic carbocycles. The molecule has 0 aliphatic heterocycles. The van der Waals surface area contributed by atoms with E-state index in [0.717, 1.165) is 12.8 Å². The van der Waals surface area contributed by atoms with Crippen molar-refractivity contribution >= 4 is 5.97 Å². The number of carbonyl (C=O) groups is 1. The summed E-state index contributed by atoms with van der Waals surface area (Å²) in [6, 6.07) is 0. The van der Waals surface area contributed by atoms with Gasteiger partial charge >= 0.3 is 0 Å². The van der Waals surface area contributed by atoms with Crippen LogP contribution in [0.5, 0.6) is 0 Å². The molecule has 12 heavy (non-hydrogen) atoms. The Hall–Kier alpha value is -0.530. The lowest BCUT2D eigenvalue weighted by Gasteiger charge is -2.14. The van der Waals surface area contributed by atoms with Crippen LogP contribution in [0.3, 0.4) is 0 Å². The molecule has 0 aliphatic rings. The summed E-state index contributed by atoms with van der Waals surface area (Å²) < 4.78 is 0. The molecule has 0 saturated carbocycles. The summed E-state index contributed by atoms with van der Waals surface area (Å²) in [6.07, 6.45) is 3.52. The van der Waals surface area contributed by atoms with E-state index in [0.29, 0.717) is 5.92 Å². The quantitative estimate of drug-likeness (QED) is 0.609. The Morgan fingerprint density at radius 1 is 1.25 bits per heavy atom. The average molecular weight is 171 g/mol. The minimum atomic E-state index is -0.924. The summed E-state index contributed by atoms with van der Waals surface area (Å²) in [5.74, 6) is 0.0601. The molecule has 0 aliphatic carbocycles. The van der Waals surface area contributed by atoms with Crippen LogP contribution in [-0.2, 0) is 4.79 Å². The summed E-state index contributed by atoms with van der Waals surface area (Å²) >= 11 is 0. The first-order valence-corrected chi connectivity index (χ1v) is 4.76. The van der Waals surface area contributed by atoms with Gasteiger partial charge < -0.3 is 9.90 Å². The molecule has 0 heterocycles. The zero-order valence-corrected chi connectivity index (χ0v) is 8.30. The Morgan fingerprint density at radius 3 is 2.17 bits per heavy atom. The Balaban J connectivity index is 3.43. The molecular weight excluding hydrogens is 152 g/mol. The van der Waals surface area contributed by atoms with Crippen molar-refractivity contribution in [2.24, 2.45) is 11.8 Å². The summed E-state index contributed by atoms with van der Waals surface area (Å²) in [4.78, 5) is 10.2. The van der Waals surface area contributed by atoms with Crippen LogP contribution in [0.2, 0.25) is 0 Å². The van der Waals surface area contributed by atoms with Crippen LogP contribution >= 0.6 is 0 Å². The van der Waals surface area contributed by atoms with Gasteiger partial charge in [-0.1, -0.05) is 40.0 Å². The molecule has 0 N–H and O–H groups in total. The highest BCUT2D eigenvalue weighted by atomic mass is 16.4. The molecule has 72 valence electrons. The van der Waals surface area contributed by atoms with Crippen molar-refractivity contribution in [3.8, 4) is 0 Å². The van der Waals surface area contributed by atoms with Crippen molar-refractivity contribution < 1.29 is 9.90 Å². The second kappa shape index (κ2) is 6.04. The van der Waals surface area contributed by atoms with Crippen molar-refractivity contribution in [3.63, 3.8) is 0 Å². The molecule has 0 aromatic rings. The molecule has 0 rings (SSSR count).